The van der Waals surface area contributed by atoms with Crippen molar-refractivity contribution in [3.05, 3.63) is 102 Å². The Labute approximate surface area is 178 Å². The molecule has 0 saturated heterocycles. The number of carbonyl (C=O) groups is 1. The highest BCUT2D eigenvalue weighted by Gasteiger charge is 2.15. The minimum Gasteiger partial charge on any atom is -0.496 e. The molecule has 31 heavy (non-hydrogen) atoms. The van der Waals surface area contributed by atoms with E-state index in [0.29, 0.717) is 17.0 Å². The van der Waals surface area contributed by atoms with Crippen LogP contribution in [0.3, 0.4) is 0 Å². The van der Waals surface area contributed by atoms with Gasteiger partial charge in [-0.1, -0.05) is 42.5 Å². The predicted octanol–water partition coefficient (Wildman–Crippen LogP) is 4.45. The fourth-order valence-corrected chi connectivity index (χ4v) is 3.11. The summed E-state index contributed by atoms with van der Waals surface area (Å²) in [5.74, 6) is -0.587. The van der Waals surface area contributed by atoms with Crippen molar-refractivity contribution in [3.8, 4) is 22.7 Å². The van der Waals surface area contributed by atoms with Gasteiger partial charge in [-0.25, -0.2) is 14.5 Å². The first-order chi connectivity index (χ1) is 15.2. The van der Waals surface area contributed by atoms with Crippen molar-refractivity contribution < 1.29 is 13.9 Å². The predicted molar refractivity (Wildman–Crippen MR) is 117 cm³/mol. The van der Waals surface area contributed by atoms with Crippen LogP contribution < -0.4 is 10.2 Å². The van der Waals surface area contributed by atoms with Crippen molar-refractivity contribution in [2.75, 3.05) is 7.11 Å². The van der Waals surface area contributed by atoms with Crippen molar-refractivity contribution in [2.24, 2.45) is 5.10 Å². The summed E-state index contributed by atoms with van der Waals surface area (Å²) < 4.78 is 21.0. The smallest absolute Gasteiger partial charge is 0.274 e. The molecule has 4 rings (SSSR count). The first-order valence-electron chi connectivity index (χ1n) is 9.54. The van der Waals surface area contributed by atoms with Crippen LogP contribution in [-0.2, 0) is 0 Å². The largest absolute Gasteiger partial charge is 0.496 e. The highest BCUT2D eigenvalue weighted by atomic mass is 19.1. The Morgan fingerprint density at radius 1 is 1.03 bits per heavy atom. The highest BCUT2D eigenvalue weighted by Crippen LogP contribution is 2.31. The van der Waals surface area contributed by atoms with Crippen molar-refractivity contribution in [1.29, 1.82) is 0 Å². The van der Waals surface area contributed by atoms with Gasteiger partial charge >= 0.3 is 0 Å². The van der Waals surface area contributed by atoms with Gasteiger partial charge in [-0.15, -0.1) is 0 Å². The molecule has 0 aliphatic rings. The molecule has 0 aliphatic heterocycles. The van der Waals surface area contributed by atoms with E-state index in [9.17, 15) is 9.18 Å². The Morgan fingerprint density at radius 2 is 1.74 bits per heavy atom. The third kappa shape index (κ3) is 4.35. The maximum Gasteiger partial charge on any atom is 0.274 e. The summed E-state index contributed by atoms with van der Waals surface area (Å²) in [6, 6.07) is 22.9. The standard InChI is InChI=1S/C24H19FN4O2/c1-31-22-14-8-6-12-20(22)23-17(16-29(28-23)18-9-3-2-4-10-18)15-26-27-24(30)19-11-5-7-13-21(19)25/h2-16H,1H3,(H,27,30)/b26-15-. The average Bonchev–Trinajstić information content (AvgIpc) is 3.24. The topological polar surface area (TPSA) is 68.5 Å². The second-order valence-corrected chi connectivity index (χ2v) is 6.59. The van der Waals surface area contributed by atoms with Gasteiger partial charge in [0.25, 0.3) is 5.91 Å². The van der Waals surface area contributed by atoms with Gasteiger partial charge in [-0.3, -0.25) is 4.79 Å². The fourth-order valence-electron chi connectivity index (χ4n) is 3.11. The molecule has 0 bridgehead atoms. The molecule has 1 amide bonds. The lowest BCUT2D eigenvalue weighted by Crippen LogP contribution is -2.18. The number of benzene rings is 3. The van der Waals surface area contributed by atoms with E-state index in [-0.39, 0.29) is 5.56 Å². The van der Waals surface area contributed by atoms with Crippen LogP contribution in [0.25, 0.3) is 16.9 Å². The molecule has 0 unspecified atom stereocenters. The Hall–Kier alpha value is -4.26. The highest BCUT2D eigenvalue weighted by molar-refractivity contribution is 5.96. The number of ether oxygens (including phenoxy) is 1. The van der Waals surface area contributed by atoms with Crippen molar-refractivity contribution in [1.82, 2.24) is 15.2 Å². The molecule has 0 radical (unpaired) electrons. The van der Waals surface area contributed by atoms with Gasteiger partial charge in [-0.05, 0) is 36.4 Å². The van der Waals surface area contributed by atoms with Gasteiger partial charge in [0.2, 0.25) is 0 Å². The molecule has 0 aliphatic carbocycles. The lowest BCUT2D eigenvalue weighted by Gasteiger charge is -2.06. The average molecular weight is 414 g/mol. The first kappa shape index (κ1) is 20.0. The SMILES string of the molecule is COc1ccccc1-c1nn(-c2ccccc2)cc1/C=N\NC(=O)c1ccccc1F. The van der Waals surface area contributed by atoms with Gasteiger partial charge in [-0.2, -0.15) is 10.2 Å². The zero-order chi connectivity index (χ0) is 21.6. The van der Waals surface area contributed by atoms with E-state index in [1.54, 1.807) is 24.1 Å². The number of hydrogen-bond acceptors (Lipinski definition) is 4. The van der Waals surface area contributed by atoms with Crippen LogP contribution in [0.15, 0.2) is 90.2 Å². The van der Waals surface area contributed by atoms with Gasteiger partial charge in [0, 0.05) is 17.3 Å². The van der Waals surface area contributed by atoms with E-state index in [1.165, 1.54) is 24.4 Å². The maximum atomic E-state index is 13.8. The molecule has 0 saturated carbocycles. The molecule has 1 heterocycles. The molecule has 1 aromatic heterocycles. The molecule has 0 fully saturated rings. The second-order valence-electron chi connectivity index (χ2n) is 6.59. The monoisotopic (exact) mass is 414 g/mol. The molecule has 6 nitrogen and oxygen atoms in total. The number of nitrogens with zero attached hydrogens (tertiary/aromatic N) is 3. The van der Waals surface area contributed by atoms with E-state index in [2.05, 4.69) is 10.5 Å². The minimum absolute atomic E-state index is 0.0791. The van der Waals surface area contributed by atoms with Crippen molar-refractivity contribution >= 4 is 12.1 Å². The summed E-state index contributed by atoms with van der Waals surface area (Å²) in [6.45, 7) is 0. The van der Waals surface area contributed by atoms with Crippen LogP contribution in [0, 0.1) is 5.82 Å². The number of methoxy groups -OCH3 is 1. The van der Waals surface area contributed by atoms with Crippen molar-refractivity contribution in [3.63, 3.8) is 0 Å². The van der Waals surface area contributed by atoms with E-state index in [1.807, 2.05) is 54.6 Å². The van der Waals surface area contributed by atoms with Crippen molar-refractivity contribution in [2.45, 2.75) is 0 Å². The molecular formula is C24H19FN4O2. The summed E-state index contributed by atoms with van der Waals surface area (Å²) in [6.07, 6.45) is 3.28. The number of rotatable bonds is 6. The molecule has 4 aromatic rings. The van der Waals surface area contributed by atoms with E-state index >= 15 is 0 Å². The van der Waals surface area contributed by atoms with Crippen LogP contribution in [0.2, 0.25) is 0 Å². The summed E-state index contributed by atoms with van der Waals surface area (Å²) in [7, 11) is 1.59. The normalized spacial score (nSPS) is 10.9. The maximum absolute atomic E-state index is 13.8. The molecule has 3 aromatic carbocycles. The zero-order valence-electron chi connectivity index (χ0n) is 16.7. The molecule has 0 atom stereocenters. The van der Waals surface area contributed by atoms with Gasteiger partial charge in [0.1, 0.15) is 17.3 Å². The quantitative estimate of drug-likeness (QED) is 0.374. The van der Waals surface area contributed by atoms with Gasteiger partial charge < -0.3 is 4.74 Å². The summed E-state index contributed by atoms with van der Waals surface area (Å²) >= 11 is 0. The number of carbonyl (C=O) groups excluding carboxylic acids is 1. The Bertz CT molecular complexity index is 1240. The number of hydrogen-bond donors (Lipinski definition) is 1. The number of aromatic nitrogens is 2. The van der Waals surface area contributed by atoms with Gasteiger partial charge in [0.05, 0.1) is 24.6 Å². The minimum atomic E-state index is -0.636. The third-order valence-electron chi connectivity index (χ3n) is 4.61. The Balaban J connectivity index is 1.69. The number of halogens is 1. The summed E-state index contributed by atoms with van der Waals surface area (Å²) in [4.78, 5) is 12.2. The molecule has 7 heteroatoms. The van der Waals surface area contributed by atoms with Crippen LogP contribution in [0.4, 0.5) is 4.39 Å². The second kappa shape index (κ2) is 9.04. The number of amides is 1. The Morgan fingerprint density at radius 3 is 2.52 bits per heavy atom. The lowest BCUT2D eigenvalue weighted by molar-refractivity contribution is 0.0951. The van der Waals surface area contributed by atoms with Crippen LogP contribution >= 0.6 is 0 Å². The molecule has 1 N–H and O–H groups in total. The van der Waals surface area contributed by atoms with Crippen LogP contribution in [-0.4, -0.2) is 29.0 Å². The van der Waals surface area contributed by atoms with Gasteiger partial charge in [0.15, 0.2) is 0 Å². The summed E-state index contributed by atoms with van der Waals surface area (Å²) in [5, 5.41) is 8.72. The number of para-hydroxylation sites is 2. The van der Waals surface area contributed by atoms with E-state index < -0.39 is 11.7 Å². The third-order valence-corrected chi connectivity index (χ3v) is 4.61. The molecule has 0 spiro atoms. The fraction of sp³-hybridized carbons (Fsp3) is 0.0417. The number of hydrazone groups is 1. The lowest BCUT2D eigenvalue weighted by atomic mass is 10.1. The van der Waals surface area contributed by atoms with E-state index in [0.717, 1.165) is 11.3 Å². The molecular weight excluding hydrogens is 395 g/mol. The summed E-state index contributed by atoms with van der Waals surface area (Å²) in [5.41, 5.74) is 5.22. The number of nitrogens with one attached hydrogen (secondary N) is 1. The van der Waals surface area contributed by atoms with Crippen LogP contribution in [0.5, 0.6) is 5.75 Å². The zero-order valence-corrected chi connectivity index (χ0v) is 16.7. The van der Waals surface area contributed by atoms with E-state index in [4.69, 9.17) is 9.84 Å². The first-order valence-corrected chi connectivity index (χ1v) is 9.54. The molecule has 154 valence electrons. The Kier molecular flexibility index (Phi) is 5.84. The van der Waals surface area contributed by atoms with Crippen LogP contribution in [0.1, 0.15) is 15.9 Å².